The van der Waals surface area contributed by atoms with Crippen LogP contribution in [0.1, 0.15) is 25.5 Å². The van der Waals surface area contributed by atoms with Gasteiger partial charge in [-0.05, 0) is 31.2 Å². The van der Waals surface area contributed by atoms with Gasteiger partial charge in [0.05, 0.1) is 12.6 Å². The van der Waals surface area contributed by atoms with Gasteiger partial charge >= 0.3 is 0 Å². The number of carbonyl (C=O) groups excluding carboxylic acids is 1. The summed E-state index contributed by atoms with van der Waals surface area (Å²) in [5.41, 5.74) is 7.29. The number of nitrogens with two attached hydrogens (primary N) is 1. The van der Waals surface area contributed by atoms with Crippen LogP contribution in [-0.2, 0) is 4.79 Å². The first-order chi connectivity index (χ1) is 9.36. The molecular weight excluding hydrogens is 318 g/mol. The van der Waals surface area contributed by atoms with E-state index in [9.17, 15) is 4.79 Å². The number of hydrogen-bond acceptors (Lipinski definition) is 3. The Bertz CT molecular complexity index is 448. The first-order valence-corrected chi connectivity index (χ1v) is 7.61. The number of rotatable bonds is 6. The Kier molecular flexibility index (Phi) is 6.65. The molecule has 0 fully saturated rings. The summed E-state index contributed by atoms with van der Waals surface area (Å²) >= 11 is 3.49. The predicted molar refractivity (Wildman–Crippen MR) is 86.5 cm³/mol. The van der Waals surface area contributed by atoms with Crippen molar-refractivity contribution in [1.82, 2.24) is 9.80 Å². The van der Waals surface area contributed by atoms with Crippen LogP contribution in [0.25, 0.3) is 0 Å². The molecular formula is C15H24BrN3O. The molecule has 1 amide bonds. The lowest BCUT2D eigenvalue weighted by Crippen LogP contribution is -2.44. The van der Waals surface area contributed by atoms with Gasteiger partial charge in [0, 0.05) is 24.6 Å². The molecule has 1 aromatic carbocycles. The average Bonchev–Trinajstić information content (AvgIpc) is 2.37. The molecule has 0 bridgehead atoms. The van der Waals surface area contributed by atoms with E-state index >= 15 is 0 Å². The number of carbonyl (C=O) groups is 1. The highest BCUT2D eigenvalue weighted by Gasteiger charge is 2.25. The van der Waals surface area contributed by atoms with Gasteiger partial charge in [0.2, 0.25) is 5.91 Å². The molecule has 0 saturated heterocycles. The molecule has 4 nitrogen and oxygen atoms in total. The Morgan fingerprint density at radius 1 is 1.40 bits per heavy atom. The van der Waals surface area contributed by atoms with E-state index in [2.05, 4.69) is 39.9 Å². The van der Waals surface area contributed by atoms with E-state index in [4.69, 9.17) is 5.73 Å². The van der Waals surface area contributed by atoms with Crippen LogP contribution in [0.5, 0.6) is 0 Å². The van der Waals surface area contributed by atoms with Gasteiger partial charge in [0.1, 0.15) is 0 Å². The number of benzene rings is 1. The summed E-state index contributed by atoms with van der Waals surface area (Å²) in [5, 5.41) is 0. The van der Waals surface area contributed by atoms with E-state index < -0.39 is 0 Å². The molecule has 0 aliphatic rings. The van der Waals surface area contributed by atoms with E-state index in [1.165, 1.54) is 0 Å². The van der Waals surface area contributed by atoms with Gasteiger partial charge in [0.25, 0.3) is 0 Å². The second-order valence-electron chi connectivity index (χ2n) is 5.21. The van der Waals surface area contributed by atoms with Crippen molar-refractivity contribution in [1.29, 1.82) is 0 Å². The first kappa shape index (κ1) is 17.1. The first-order valence-electron chi connectivity index (χ1n) is 6.82. The van der Waals surface area contributed by atoms with E-state index in [0.29, 0.717) is 6.54 Å². The van der Waals surface area contributed by atoms with Crippen molar-refractivity contribution in [3.05, 3.63) is 34.3 Å². The normalized spacial score (nSPS) is 14.2. The van der Waals surface area contributed by atoms with Gasteiger partial charge in [-0.25, -0.2) is 0 Å². The van der Waals surface area contributed by atoms with E-state index in [1.54, 1.807) is 19.0 Å². The second-order valence-corrected chi connectivity index (χ2v) is 6.13. The van der Waals surface area contributed by atoms with Crippen molar-refractivity contribution in [3.8, 4) is 0 Å². The third-order valence-corrected chi connectivity index (χ3v) is 3.82. The van der Waals surface area contributed by atoms with Gasteiger partial charge in [-0.1, -0.05) is 35.0 Å². The smallest absolute Gasteiger partial charge is 0.236 e. The largest absolute Gasteiger partial charge is 0.348 e. The summed E-state index contributed by atoms with van der Waals surface area (Å²) in [7, 11) is 3.55. The van der Waals surface area contributed by atoms with E-state index in [-0.39, 0.29) is 18.0 Å². The Labute approximate surface area is 130 Å². The molecule has 0 aliphatic carbocycles. The molecule has 0 spiro atoms. The molecule has 0 saturated carbocycles. The molecule has 0 aliphatic heterocycles. The molecule has 0 aromatic heterocycles. The summed E-state index contributed by atoms with van der Waals surface area (Å²) in [6.45, 7) is 5.19. The predicted octanol–water partition coefficient (Wildman–Crippen LogP) is 2.25. The molecule has 2 atom stereocenters. The highest BCUT2D eigenvalue weighted by Crippen LogP contribution is 2.25. The maximum atomic E-state index is 12.0. The summed E-state index contributed by atoms with van der Waals surface area (Å²) in [6, 6.07) is 8.08. The van der Waals surface area contributed by atoms with Gasteiger partial charge in [-0.3, -0.25) is 9.69 Å². The van der Waals surface area contributed by atoms with Crippen molar-refractivity contribution >= 4 is 21.8 Å². The summed E-state index contributed by atoms with van der Waals surface area (Å²) in [6.07, 6.45) is 0. The van der Waals surface area contributed by atoms with E-state index in [1.807, 2.05) is 19.1 Å². The molecule has 5 heteroatoms. The molecule has 0 radical (unpaired) electrons. The topological polar surface area (TPSA) is 49.6 Å². The molecule has 1 aromatic rings. The van der Waals surface area contributed by atoms with Crippen molar-refractivity contribution in [2.24, 2.45) is 5.73 Å². The van der Waals surface area contributed by atoms with Crippen LogP contribution in [0, 0.1) is 0 Å². The third-order valence-electron chi connectivity index (χ3n) is 3.32. The lowest BCUT2D eigenvalue weighted by atomic mass is 9.99. The monoisotopic (exact) mass is 341 g/mol. The molecule has 0 heterocycles. The average molecular weight is 342 g/mol. The maximum absolute atomic E-state index is 12.0. The third kappa shape index (κ3) is 4.58. The lowest BCUT2D eigenvalue weighted by molar-refractivity contribution is -0.130. The Morgan fingerprint density at radius 2 is 2.05 bits per heavy atom. The quantitative estimate of drug-likeness (QED) is 0.863. The van der Waals surface area contributed by atoms with Crippen LogP contribution >= 0.6 is 15.9 Å². The van der Waals surface area contributed by atoms with Gasteiger partial charge < -0.3 is 10.6 Å². The highest BCUT2D eigenvalue weighted by atomic mass is 79.9. The summed E-state index contributed by atoms with van der Waals surface area (Å²) in [5.74, 6) is 0.0903. The minimum absolute atomic E-state index is 0.0291. The zero-order valence-corrected chi connectivity index (χ0v) is 14.2. The standard InChI is InChI=1S/C15H24BrN3O/c1-5-19(10-14(20)18(3)4)15(11(2)17)12-7-6-8-13(16)9-12/h6-9,11,15H,5,10,17H2,1-4H3. The van der Waals surface area contributed by atoms with Crippen molar-refractivity contribution < 1.29 is 4.79 Å². The van der Waals surface area contributed by atoms with Crippen molar-refractivity contribution in [3.63, 3.8) is 0 Å². The minimum Gasteiger partial charge on any atom is -0.348 e. The lowest BCUT2D eigenvalue weighted by Gasteiger charge is -2.34. The SMILES string of the molecule is CCN(CC(=O)N(C)C)C(c1cccc(Br)c1)C(C)N. The number of amides is 1. The second kappa shape index (κ2) is 7.76. The van der Waals surface area contributed by atoms with Crippen LogP contribution in [0.15, 0.2) is 28.7 Å². The molecule has 2 unspecified atom stereocenters. The van der Waals surface area contributed by atoms with Gasteiger partial charge in [0.15, 0.2) is 0 Å². The molecule has 112 valence electrons. The number of halogens is 1. The Hall–Kier alpha value is -0.910. The van der Waals surface area contributed by atoms with Crippen LogP contribution in [-0.4, -0.2) is 48.9 Å². The van der Waals surface area contributed by atoms with Gasteiger partial charge in [-0.15, -0.1) is 0 Å². The molecule has 2 N–H and O–H groups in total. The Morgan fingerprint density at radius 3 is 2.50 bits per heavy atom. The zero-order chi connectivity index (χ0) is 15.3. The van der Waals surface area contributed by atoms with Crippen LogP contribution in [0.2, 0.25) is 0 Å². The fraction of sp³-hybridized carbons (Fsp3) is 0.533. The van der Waals surface area contributed by atoms with Gasteiger partial charge in [-0.2, -0.15) is 0 Å². The van der Waals surface area contributed by atoms with E-state index in [0.717, 1.165) is 16.6 Å². The number of nitrogens with zero attached hydrogens (tertiary/aromatic N) is 2. The highest BCUT2D eigenvalue weighted by molar-refractivity contribution is 9.10. The molecule has 1 rings (SSSR count). The zero-order valence-electron chi connectivity index (χ0n) is 12.6. The molecule has 20 heavy (non-hydrogen) atoms. The number of hydrogen-bond donors (Lipinski definition) is 1. The van der Waals surface area contributed by atoms with Crippen molar-refractivity contribution in [2.45, 2.75) is 25.9 Å². The summed E-state index contributed by atoms with van der Waals surface area (Å²) < 4.78 is 1.02. The maximum Gasteiger partial charge on any atom is 0.236 e. The van der Waals surface area contributed by atoms with Crippen LogP contribution in [0.3, 0.4) is 0 Å². The fourth-order valence-electron chi connectivity index (χ4n) is 2.26. The number of likely N-dealkylation sites (N-methyl/N-ethyl adjacent to an activating group) is 2. The Balaban J connectivity index is 3.01. The summed E-state index contributed by atoms with van der Waals surface area (Å²) in [4.78, 5) is 15.7. The minimum atomic E-state index is -0.0563. The van der Waals surface area contributed by atoms with Crippen LogP contribution in [0.4, 0.5) is 0 Å². The van der Waals surface area contributed by atoms with Crippen molar-refractivity contribution in [2.75, 3.05) is 27.2 Å². The van der Waals surface area contributed by atoms with Crippen LogP contribution < -0.4 is 5.73 Å². The fourth-order valence-corrected chi connectivity index (χ4v) is 2.68.